The number of nitrogens with one attached hydrogen (secondary N) is 2. The lowest BCUT2D eigenvalue weighted by molar-refractivity contribution is 0.173. The van der Waals surface area contributed by atoms with Crippen LogP contribution in [0.5, 0.6) is 5.75 Å². The Labute approximate surface area is 237 Å². The first-order chi connectivity index (χ1) is 19.0. The molecule has 2 amide bonds. The van der Waals surface area contributed by atoms with Gasteiger partial charge in [0.2, 0.25) is 0 Å². The summed E-state index contributed by atoms with van der Waals surface area (Å²) in [5.41, 5.74) is 8.79. The molecule has 0 fully saturated rings. The van der Waals surface area contributed by atoms with Gasteiger partial charge in [-0.3, -0.25) is 10.6 Å². The van der Waals surface area contributed by atoms with Crippen LogP contribution < -0.4 is 15.4 Å². The van der Waals surface area contributed by atoms with Gasteiger partial charge in [-0.1, -0.05) is 67.5 Å². The van der Waals surface area contributed by atoms with Gasteiger partial charge in [0.15, 0.2) is 0 Å². The highest BCUT2D eigenvalue weighted by molar-refractivity contribution is 5.87. The first-order valence-electron chi connectivity index (χ1n) is 13.6. The van der Waals surface area contributed by atoms with Gasteiger partial charge in [0.05, 0.1) is 0 Å². The Morgan fingerprint density at radius 1 is 0.700 bits per heavy atom. The summed E-state index contributed by atoms with van der Waals surface area (Å²) >= 11 is 0. The van der Waals surface area contributed by atoms with Gasteiger partial charge in [-0.05, 0) is 99.0 Å². The second kappa shape index (κ2) is 12.2. The summed E-state index contributed by atoms with van der Waals surface area (Å²) in [7, 11) is 0. The summed E-state index contributed by atoms with van der Waals surface area (Å²) in [6.45, 7) is 14.2. The lowest BCUT2D eigenvalue weighted by Crippen LogP contribution is -2.23. The molecule has 1 aliphatic rings. The number of hydrogen-bond donors (Lipinski definition) is 2. The molecule has 208 valence electrons. The van der Waals surface area contributed by atoms with E-state index < -0.39 is 12.2 Å². The first kappa shape index (κ1) is 28.7. The molecule has 2 unspecified atom stereocenters. The van der Waals surface area contributed by atoms with E-state index in [4.69, 9.17) is 9.47 Å². The number of amides is 2. The van der Waals surface area contributed by atoms with Crippen molar-refractivity contribution in [2.45, 2.75) is 54.9 Å². The molecule has 0 radical (unpaired) electrons. The fourth-order valence-electron chi connectivity index (χ4n) is 5.15. The molecular formula is C34H38N2O4. The van der Waals surface area contributed by atoms with Gasteiger partial charge in [-0.2, -0.15) is 0 Å². The summed E-state index contributed by atoms with van der Waals surface area (Å²) in [5, 5.41) is 5.63. The molecule has 0 bridgehead atoms. The lowest BCUT2D eigenvalue weighted by Gasteiger charge is -2.28. The Balaban J connectivity index is 1.30. The maximum absolute atomic E-state index is 12.6. The Morgan fingerprint density at radius 3 is 1.68 bits per heavy atom. The van der Waals surface area contributed by atoms with Crippen molar-refractivity contribution in [2.24, 2.45) is 11.8 Å². The minimum Gasteiger partial charge on any atom is -0.414 e. The van der Waals surface area contributed by atoms with Crippen molar-refractivity contribution in [3.8, 4) is 5.75 Å². The van der Waals surface area contributed by atoms with E-state index in [1.54, 1.807) is 0 Å². The summed E-state index contributed by atoms with van der Waals surface area (Å²) in [5.74, 6) is 1.78. The van der Waals surface area contributed by atoms with Crippen molar-refractivity contribution in [2.75, 3.05) is 10.6 Å². The maximum Gasteiger partial charge on any atom is 0.417 e. The molecular weight excluding hydrogens is 500 g/mol. The SMILES string of the molecule is CC1=CC(C)=C(OC(=O)Nc2ccc(Cc3ccc(NC(=O)Oc4c(C)cc(C)cc4C)cc3)cc2)C(C)C1C. The highest BCUT2D eigenvalue weighted by atomic mass is 16.6. The van der Waals surface area contributed by atoms with Crippen molar-refractivity contribution in [1.29, 1.82) is 0 Å². The number of benzene rings is 3. The number of carbonyl (C=O) groups is 2. The standard InChI is InChI=1S/C34H38N2O4/c1-20-16-22(3)31(23(4)17-20)39-33(37)35-29-12-8-27(9-13-29)19-28-10-14-30(15-11-28)36-34(38)40-32-24(5)18-21(2)25(6)26(32)7/h8-18,25-26H,19H2,1-7H3,(H,35,37)(H,36,38). The minimum atomic E-state index is -0.519. The van der Waals surface area contributed by atoms with Crippen LogP contribution in [0.4, 0.5) is 21.0 Å². The molecule has 0 aliphatic heterocycles. The Hall–Kier alpha value is -4.32. The number of hydrogen-bond acceptors (Lipinski definition) is 4. The lowest BCUT2D eigenvalue weighted by atomic mass is 9.82. The van der Waals surface area contributed by atoms with Gasteiger partial charge in [-0.15, -0.1) is 0 Å². The van der Waals surface area contributed by atoms with Crippen LogP contribution in [0, 0.1) is 32.6 Å². The van der Waals surface area contributed by atoms with Crippen LogP contribution in [0.15, 0.2) is 83.6 Å². The van der Waals surface area contributed by atoms with Crippen LogP contribution in [-0.4, -0.2) is 12.2 Å². The van der Waals surface area contributed by atoms with Gasteiger partial charge >= 0.3 is 12.2 Å². The second-order valence-electron chi connectivity index (χ2n) is 10.8. The maximum atomic E-state index is 12.6. The van der Waals surface area contributed by atoms with E-state index in [2.05, 4.69) is 37.5 Å². The number of allylic oxidation sites excluding steroid dienone is 4. The fraction of sp³-hybridized carbons (Fsp3) is 0.294. The van der Waals surface area contributed by atoms with E-state index in [1.165, 1.54) is 5.57 Å². The van der Waals surface area contributed by atoms with E-state index in [0.717, 1.165) is 39.1 Å². The van der Waals surface area contributed by atoms with Crippen LogP contribution in [0.3, 0.4) is 0 Å². The van der Waals surface area contributed by atoms with Crippen molar-refractivity contribution in [1.82, 2.24) is 0 Å². The second-order valence-corrected chi connectivity index (χ2v) is 10.8. The molecule has 6 nitrogen and oxygen atoms in total. The predicted octanol–water partition coefficient (Wildman–Crippen LogP) is 8.87. The normalized spacial score (nSPS) is 16.7. The van der Waals surface area contributed by atoms with Crippen LogP contribution in [0.25, 0.3) is 0 Å². The molecule has 0 heterocycles. The molecule has 0 spiro atoms. The van der Waals surface area contributed by atoms with Crippen LogP contribution >= 0.6 is 0 Å². The van der Waals surface area contributed by atoms with Gasteiger partial charge < -0.3 is 9.47 Å². The van der Waals surface area contributed by atoms with Gasteiger partial charge in [0, 0.05) is 17.3 Å². The molecule has 0 aromatic heterocycles. The largest absolute Gasteiger partial charge is 0.417 e. The topological polar surface area (TPSA) is 76.7 Å². The number of carbonyl (C=O) groups excluding carboxylic acids is 2. The Kier molecular flexibility index (Phi) is 8.78. The van der Waals surface area contributed by atoms with Crippen LogP contribution in [0.1, 0.15) is 55.5 Å². The molecule has 40 heavy (non-hydrogen) atoms. The Bertz CT molecular complexity index is 1440. The van der Waals surface area contributed by atoms with E-state index in [1.807, 2.05) is 88.4 Å². The van der Waals surface area contributed by atoms with Crippen molar-refractivity contribution in [3.05, 3.63) is 111 Å². The van der Waals surface area contributed by atoms with Crippen molar-refractivity contribution in [3.63, 3.8) is 0 Å². The Morgan fingerprint density at radius 2 is 1.18 bits per heavy atom. The molecule has 0 saturated heterocycles. The third-order valence-electron chi connectivity index (χ3n) is 7.53. The molecule has 2 atom stereocenters. The zero-order valence-corrected chi connectivity index (χ0v) is 24.3. The smallest absolute Gasteiger partial charge is 0.414 e. The predicted molar refractivity (Wildman–Crippen MR) is 161 cm³/mol. The number of rotatable bonds is 6. The average molecular weight is 539 g/mol. The molecule has 3 aromatic carbocycles. The minimum absolute atomic E-state index is 0.145. The van der Waals surface area contributed by atoms with Gasteiger partial charge in [0.25, 0.3) is 0 Å². The van der Waals surface area contributed by atoms with Gasteiger partial charge in [-0.25, -0.2) is 9.59 Å². The summed E-state index contributed by atoms with van der Waals surface area (Å²) in [6.07, 6.45) is 1.80. The summed E-state index contributed by atoms with van der Waals surface area (Å²) in [6, 6.07) is 19.4. The van der Waals surface area contributed by atoms with Crippen molar-refractivity contribution >= 4 is 23.6 Å². The zero-order chi connectivity index (χ0) is 29.0. The molecule has 2 N–H and O–H groups in total. The highest BCUT2D eigenvalue weighted by Gasteiger charge is 2.27. The fourth-order valence-corrected chi connectivity index (χ4v) is 5.15. The number of anilines is 2. The van der Waals surface area contributed by atoms with E-state index in [-0.39, 0.29) is 5.92 Å². The van der Waals surface area contributed by atoms with Crippen molar-refractivity contribution < 1.29 is 19.1 Å². The molecule has 4 rings (SSSR count). The molecule has 0 saturated carbocycles. The third-order valence-corrected chi connectivity index (χ3v) is 7.53. The van der Waals surface area contributed by atoms with E-state index in [9.17, 15) is 9.59 Å². The summed E-state index contributed by atoms with van der Waals surface area (Å²) in [4.78, 5) is 25.0. The van der Waals surface area contributed by atoms with E-state index >= 15 is 0 Å². The average Bonchev–Trinajstić information content (AvgIpc) is 2.90. The van der Waals surface area contributed by atoms with Crippen LogP contribution in [0.2, 0.25) is 0 Å². The number of aryl methyl sites for hydroxylation is 3. The third kappa shape index (κ3) is 7.00. The molecule has 6 heteroatoms. The summed E-state index contributed by atoms with van der Waals surface area (Å²) < 4.78 is 11.3. The number of ether oxygens (including phenoxy) is 2. The van der Waals surface area contributed by atoms with E-state index in [0.29, 0.717) is 29.5 Å². The zero-order valence-electron chi connectivity index (χ0n) is 24.3. The molecule has 1 aliphatic carbocycles. The monoisotopic (exact) mass is 538 g/mol. The highest BCUT2D eigenvalue weighted by Crippen LogP contribution is 2.35. The first-order valence-corrected chi connectivity index (χ1v) is 13.6. The van der Waals surface area contributed by atoms with Crippen LogP contribution in [-0.2, 0) is 11.2 Å². The van der Waals surface area contributed by atoms with Gasteiger partial charge in [0.1, 0.15) is 11.5 Å². The molecule has 3 aromatic rings. The quantitative estimate of drug-likeness (QED) is 0.329.